The second-order valence-electron chi connectivity index (χ2n) is 4.65. The van der Waals surface area contributed by atoms with Crippen molar-refractivity contribution >= 4 is 10.1 Å². The molecule has 176 valence electrons. The average molecular weight is 498 g/mol. The van der Waals surface area contributed by atoms with E-state index in [0.717, 1.165) is 0 Å². The quantitative estimate of drug-likeness (QED) is 0.365. The van der Waals surface area contributed by atoms with E-state index in [4.69, 9.17) is 0 Å². The number of halogens is 16. The van der Waals surface area contributed by atoms with Gasteiger partial charge in [-0.2, -0.15) is 65.5 Å². The number of hydrogen-bond acceptors (Lipinski definition) is 4. The third kappa shape index (κ3) is 5.09. The summed E-state index contributed by atoms with van der Waals surface area (Å²) in [4.78, 5) is 0. The molecule has 29 heavy (non-hydrogen) atoms. The van der Waals surface area contributed by atoms with Crippen LogP contribution in [0.1, 0.15) is 0 Å². The molecule has 0 N–H and O–H groups in total. The molecule has 0 aliphatic carbocycles. The highest BCUT2D eigenvalue weighted by Crippen LogP contribution is 2.55. The first-order chi connectivity index (χ1) is 12.2. The fraction of sp³-hybridized carbons (Fsp3) is 1.00. The van der Waals surface area contributed by atoms with Crippen molar-refractivity contribution < 1.29 is 87.6 Å². The number of ether oxygens (including phenoxy) is 1. The third-order valence-corrected chi connectivity index (χ3v) is 3.81. The Morgan fingerprint density at radius 1 is 0.621 bits per heavy atom. The Kier molecular flexibility index (Phi) is 6.86. The maximum absolute atomic E-state index is 13.1. The molecule has 0 aliphatic rings. The van der Waals surface area contributed by atoms with Gasteiger partial charge < -0.3 is 0 Å². The summed E-state index contributed by atoms with van der Waals surface area (Å²) < 4.78 is 223. The monoisotopic (exact) mass is 498 g/mol. The van der Waals surface area contributed by atoms with Gasteiger partial charge in [-0.25, -0.2) is 4.74 Å². The van der Waals surface area contributed by atoms with Crippen LogP contribution in [0.5, 0.6) is 0 Å². The van der Waals surface area contributed by atoms with Crippen molar-refractivity contribution in [2.45, 2.75) is 41.7 Å². The predicted molar refractivity (Wildman–Crippen MR) is 52.8 cm³/mol. The van der Waals surface area contributed by atoms with Gasteiger partial charge in [-0.05, 0) is 0 Å². The summed E-state index contributed by atoms with van der Waals surface area (Å²) in [5, 5.41) is -7.69. The zero-order valence-electron chi connectivity index (χ0n) is 12.3. The fourth-order valence-electron chi connectivity index (χ4n) is 1.05. The van der Waals surface area contributed by atoms with Crippen LogP contribution in [0, 0.1) is 0 Å². The van der Waals surface area contributed by atoms with E-state index in [9.17, 15) is 78.7 Å². The number of alkyl halides is 16. The van der Waals surface area contributed by atoms with Crippen LogP contribution in [0.15, 0.2) is 0 Å². The van der Waals surface area contributed by atoms with Crippen molar-refractivity contribution in [2.75, 3.05) is 6.61 Å². The molecule has 21 heteroatoms. The van der Waals surface area contributed by atoms with Gasteiger partial charge in [-0.1, -0.05) is 0 Å². The third-order valence-electron chi connectivity index (χ3n) is 2.49. The van der Waals surface area contributed by atoms with Gasteiger partial charge in [-0.3, -0.25) is 4.18 Å². The first kappa shape index (κ1) is 27.8. The van der Waals surface area contributed by atoms with Crippen LogP contribution < -0.4 is 0 Å². The second-order valence-corrected chi connectivity index (χ2v) is 6.31. The summed E-state index contributed by atoms with van der Waals surface area (Å²) >= 11 is 0. The molecule has 0 aliphatic heterocycles. The highest BCUT2D eigenvalue weighted by Gasteiger charge is 2.86. The van der Waals surface area contributed by atoms with Gasteiger partial charge in [0.1, 0.15) is 6.61 Å². The van der Waals surface area contributed by atoms with Gasteiger partial charge in [0.2, 0.25) is 0 Å². The van der Waals surface area contributed by atoms with E-state index in [1.165, 1.54) is 0 Å². The maximum atomic E-state index is 13.1. The molecule has 0 unspecified atom stereocenters. The van der Waals surface area contributed by atoms with Crippen molar-refractivity contribution in [3.05, 3.63) is 0 Å². The lowest BCUT2D eigenvalue weighted by Gasteiger charge is -2.33. The fourth-order valence-corrected chi connectivity index (χ4v) is 1.94. The minimum Gasteiger partial charge on any atom is -0.259 e. The van der Waals surface area contributed by atoms with Gasteiger partial charge in [0.15, 0.2) is 0 Å². The van der Waals surface area contributed by atoms with Gasteiger partial charge in [0, 0.05) is 0 Å². The van der Waals surface area contributed by atoms with Crippen molar-refractivity contribution in [1.29, 1.82) is 0 Å². The van der Waals surface area contributed by atoms with E-state index >= 15 is 0 Å². The van der Waals surface area contributed by atoms with Crippen LogP contribution in [-0.2, 0) is 19.0 Å². The zero-order chi connectivity index (χ0) is 24.1. The van der Waals surface area contributed by atoms with E-state index in [1.807, 2.05) is 0 Å². The van der Waals surface area contributed by atoms with Crippen LogP contribution in [0.3, 0.4) is 0 Å². The van der Waals surface area contributed by atoms with Gasteiger partial charge in [0.25, 0.3) is 0 Å². The minimum absolute atomic E-state index is 1.54. The van der Waals surface area contributed by atoms with E-state index in [2.05, 4.69) is 4.18 Å². The summed E-state index contributed by atoms with van der Waals surface area (Å²) in [7, 11) is -8.01. The van der Waals surface area contributed by atoms with Gasteiger partial charge in [0.05, 0.1) is 0 Å². The molecular formula is C8H2F16O4S. The lowest BCUT2D eigenvalue weighted by Crippen LogP contribution is -2.63. The molecule has 0 aromatic rings. The van der Waals surface area contributed by atoms with Crippen LogP contribution >= 0.6 is 0 Å². The molecule has 0 aromatic carbocycles. The van der Waals surface area contributed by atoms with Gasteiger partial charge >= 0.3 is 51.8 Å². The van der Waals surface area contributed by atoms with E-state index in [0.29, 0.717) is 0 Å². The standard InChI is InChI=1S/C8H2F16O4S/c9-2(10,6(18,19)28-8(22,23)24)1-27-29(25,26)7(20,21)4(13,14)3(11,12)5(15,16)17/h1H2. The van der Waals surface area contributed by atoms with Crippen LogP contribution in [0.25, 0.3) is 0 Å². The molecule has 0 atom stereocenters. The molecule has 0 aromatic heterocycles. The predicted octanol–water partition coefficient (Wildman–Crippen LogP) is 4.52. The average Bonchev–Trinajstić information content (AvgIpc) is 2.40. The first-order valence-corrected chi connectivity index (χ1v) is 7.19. The minimum atomic E-state index is -8.01. The molecule has 0 bridgehead atoms. The highest BCUT2D eigenvalue weighted by atomic mass is 32.2. The molecule has 0 amide bonds. The Balaban J connectivity index is 5.87. The topological polar surface area (TPSA) is 52.6 Å². The van der Waals surface area contributed by atoms with E-state index in [-0.39, 0.29) is 0 Å². The second kappa shape index (κ2) is 7.17. The normalized spacial score (nSPS) is 16.3. The van der Waals surface area contributed by atoms with Crippen molar-refractivity contribution in [2.24, 2.45) is 0 Å². The number of rotatable bonds is 8. The molecule has 0 saturated heterocycles. The van der Waals surface area contributed by atoms with Crippen molar-refractivity contribution in [1.82, 2.24) is 0 Å². The maximum Gasteiger partial charge on any atom is 0.527 e. The molecule has 0 rings (SSSR count). The summed E-state index contributed by atoms with van der Waals surface area (Å²) in [5.74, 6) is -22.3. The van der Waals surface area contributed by atoms with Crippen molar-refractivity contribution in [3.63, 3.8) is 0 Å². The van der Waals surface area contributed by atoms with Crippen LogP contribution in [0.2, 0.25) is 0 Å². The Bertz CT molecular complexity index is 689. The Morgan fingerprint density at radius 2 is 1.00 bits per heavy atom. The lowest BCUT2D eigenvalue weighted by atomic mass is 10.1. The smallest absolute Gasteiger partial charge is 0.259 e. The van der Waals surface area contributed by atoms with E-state index < -0.39 is 58.4 Å². The molecule has 0 fully saturated rings. The largest absolute Gasteiger partial charge is 0.527 e. The number of hydrogen-bond donors (Lipinski definition) is 0. The van der Waals surface area contributed by atoms with Gasteiger partial charge in [-0.15, -0.1) is 13.2 Å². The first-order valence-electron chi connectivity index (χ1n) is 5.78. The summed E-state index contributed by atoms with van der Waals surface area (Å²) in [6, 6.07) is 0. The molecule has 0 heterocycles. The van der Waals surface area contributed by atoms with Crippen molar-refractivity contribution in [3.8, 4) is 0 Å². The molecular weight excluding hydrogens is 496 g/mol. The highest BCUT2D eigenvalue weighted by molar-refractivity contribution is 7.87. The lowest BCUT2D eigenvalue weighted by molar-refractivity contribution is -0.467. The van der Waals surface area contributed by atoms with Crippen LogP contribution in [0.4, 0.5) is 70.2 Å². The SMILES string of the molecule is O=S(=O)(OCC(F)(F)C(F)(F)OC(F)(F)F)C(F)(F)C(F)(F)C(F)(F)C(F)(F)F. The van der Waals surface area contributed by atoms with Crippen LogP contribution in [-0.4, -0.2) is 56.7 Å². The van der Waals surface area contributed by atoms with E-state index in [1.54, 1.807) is 4.74 Å². The Hall–Kier alpha value is -1.25. The zero-order valence-corrected chi connectivity index (χ0v) is 13.1. The Labute approximate surface area is 147 Å². The Morgan fingerprint density at radius 3 is 1.31 bits per heavy atom. The molecule has 0 saturated carbocycles. The summed E-state index contributed by atoms with van der Waals surface area (Å²) in [5.41, 5.74) is 0. The molecule has 4 nitrogen and oxygen atoms in total. The summed E-state index contributed by atoms with van der Waals surface area (Å²) in [6.45, 7) is -3.86. The molecule has 0 spiro atoms. The molecule has 0 radical (unpaired) electrons. The summed E-state index contributed by atoms with van der Waals surface area (Å²) in [6.07, 6.45) is -20.9.